The first kappa shape index (κ1) is 30.9. The van der Waals surface area contributed by atoms with Crippen LogP contribution in [0.1, 0.15) is 64.7 Å². The second kappa shape index (κ2) is 20.5. The van der Waals surface area contributed by atoms with Crippen LogP contribution in [0.25, 0.3) is 0 Å². The lowest BCUT2D eigenvalue weighted by Crippen LogP contribution is -2.31. The van der Waals surface area contributed by atoms with E-state index in [9.17, 15) is 9.59 Å². The molecule has 0 spiro atoms. The van der Waals surface area contributed by atoms with Crippen molar-refractivity contribution < 1.29 is 19.1 Å². The number of hydrogen-bond acceptors (Lipinski definition) is 4. The maximum Gasteiger partial charge on any atom is 0.407 e. The highest BCUT2D eigenvalue weighted by atomic mass is 28.3. The minimum Gasteiger partial charge on any atom is -0.460 e. The molecule has 0 aromatic heterocycles. The molecule has 0 heterocycles. The molecule has 0 bridgehead atoms. The van der Waals surface area contributed by atoms with E-state index in [-0.39, 0.29) is 13.2 Å². The summed E-state index contributed by atoms with van der Waals surface area (Å²) in [6, 6.07) is 4.86. The quantitative estimate of drug-likeness (QED) is 0.0582. The Hall–Kier alpha value is -2.08. The van der Waals surface area contributed by atoms with Gasteiger partial charge in [-0.15, -0.1) is 19.7 Å². The Kier molecular flexibility index (Phi) is 19.2. The molecular formula is C27H47NO4Si. The zero-order valence-corrected chi connectivity index (χ0v) is 22.0. The Bertz CT molecular complexity index is 576. The Balaban J connectivity index is 3.60. The van der Waals surface area contributed by atoms with E-state index >= 15 is 0 Å². The Morgan fingerprint density at radius 2 is 1.24 bits per heavy atom. The fourth-order valence-electron chi connectivity index (χ4n) is 3.95. The van der Waals surface area contributed by atoms with Gasteiger partial charge in [0.05, 0.1) is 21.2 Å². The van der Waals surface area contributed by atoms with Crippen LogP contribution >= 0.6 is 0 Å². The van der Waals surface area contributed by atoms with Crippen LogP contribution in [0.2, 0.25) is 24.2 Å². The highest BCUT2D eigenvalue weighted by Crippen LogP contribution is 2.30. The highest BCUT2D eigenvalue weighted by Gasteiger charge is 2.27. The van der Waals surface area contributed by atoms with E-state index in [0.717, 1.165) is 12.8 Å². The first-order chi connectivity index (χ1) is 15.9. The van der Waals surface area contributed by atoms with Crippen molar-refractivity contribution in [2.24, 2.45) is 0 Å². The Morgan fingerprint density at radius 1 is 0.758 bits per heavy atom. The molecule has 0 aliphatic rings. The number of amides is 1. The lowest BCUT2D eigenvalue weighted by atomic mass is 10.1. The minimum absolute atomic E-state index is 0.113. The third kappa shape index (κ3) is 17.1. The van der Waals surface area contributed by atoms with Crippen molar-refractivity contribution in [2.45, 2.75) is 88.9 Å². The van der Waals surface area contributed by atoms with Gasteiger partial charge >= 0.3 is 12.1 Å². The molecule has 0 aromatic rings. The molecule has 0 radical (unpaired) electrons. The summed E-state index contributed by atoms with van der Waals surface area (Å²) in [6.07, 6.45) is 16.7. The fraction of sp³-hybridized carbons (Fsp3) is 0.630. The molecule has 0 fully saturated rings. The monoisotopic (exact) mass is 477 g/mol. The van der Waals surface area contributed by atoms with Crippen molar-refractivity contribution in [1.82, 2.24) is 5.32 Å². The summed E-state index contributed by atoms with van der Waals surface area (Å²) >= 11 is 0. The van der Waals surface area contributed by atoms with Gasteiger partial charge in [0.1, 0.15) is 6.61 Å². The third-order valence-electron chi connectivity index (χ3n) is 5.77. The first-order valence-electron chi connectivity index (χ1n) is 12.5. The average molecular weight is 478 g/mol. The zero-order valence-electron chi connectivity index (χ0n) is 21.0. The molecule has 1 N–H and O–H groups in total. The fourth-order valence-corrected chi connectivity index (χ4v) is 7.90. The molecule has 0 aliphatic heterocycles. The maximum atomic E-state index is 11.5. The van der Waals surface area contributed by atoms with Crippen molar-refractivity contribution in [1.29, 1.82) is 0 Å². The molecule has 6 heteroatoms. The van der Waals surface area contributed by atoms with Gasteiger partial charge in [-0.05, 0) is 31.5 Å². The molecular weight excluding hydrogens is 430 g/mol. The van der Waals surface area contributed by atoms with Crippen LogP contribution in [0.4, 0.5) is 4.79 Å². The third-order valence-corrected chi connectivity index (χ3v) is 10.6. The smallest absolute Gasteiger partial charge is 0.407 e. The van der Waals surface area contributed by atoms with Gasteiger partial charge in [-0.2, -0.15) is 0 Å². The van der Waals surface area contributed by atoms with Gasteiger partial charge in [0.2, 0.25) is 0 Å². The molecule has 0 unspecified atom stereocenters. The number of carbonyl (C=O) groups excluding carboxylic acids is 2. The molecule has 1 amide bonds. The van der Waals surface area contributed by atoms with Crippen LogP contribution in [0.3, 0.4) is 0 Å². The summed E-state index contributed by atoms with van der Waals surface area (Å²) in [5, 5.41) is 2.56. The summed E-state index contributed by atoms with van der Waals surface area (Å²) in [6.45, 7) is 17.7. The second-order valence-electron chi connectivity index (χ2n) is 8.89. The van der Waals surface area contributed by atoms with Gasteiger partial charge in [-0.3, -0.25) is 0 Å². The maximum absolute atomic E-state index is 11.5. The number of ether oxygens (including phenoxy) is 2. The summed E-state index contributed by atoms with van der Waals surface area (Å²) in [4.78, 5) is 22.8. The Morgan fingerprint density at radius 3 is 1.73 bits per heavy atom. The Labute approximate surface area is 203 Å². The van der Waals surface area contributed by atoms with Gasteiger partial charge in [-0.1, -0.05) is 82.2 Å². The van der Waals surface area contributed by atoms with E-state index in [4.69, 9.17) is 9.47 Å². The number of alkyl carbamates (subject to hydrolysis) is 1. The van der Waals surface area contributed by atoms with Gasteiger partial charge in [0.25, 0.3) is 0 Å². The number of nitrogens with one attached hydrogen (secondary N) is 1. The van der Waals surface area contributed by atoms with Gasteiger partial charge < -0.3 is 14.8 Å². The van der Waals surface area contributed by atoms with E-state index in [1.54, 1.807) is 6.92 Å². The lowest BCUT2D eigenvalue weighted by molar-refractivity contribution is -0.138. The summed E-state index contributed by atoms with van der Waals surface area (Å²) in [5.41, 5.74) is 0.341. The molecule has 33 heavy (non-hydrogen) atoms. The summed E-state index contributed by atoms with van der Waals surface area (Å²) in [7, 11) is -1.33. The van der Waals surface area contributed by atoms with Crippen LogP contribution in [0.15, 0.2) is 50.1 Å². The van der Waals surface area contributed by atoms with Crippen LogP contribution in [0.5, 0.6) is 0 Å². The average Bonchev–Trinajstić information content (AvgIpc) is 2.77. The zero-order chi connectivity index (χ0) is 24.8. The van der Waals surface area contributed by atoms with Crippen molar-refractivity contribution in [3.63, 3.8) is 0 Å². The van der Waals surface area contributed by atoms with E-state index in [1.807, 2.05) is 0 Å². The topological polar surface area (TPSA) is 64.6 Å². The van der Waals surface area contributed by atoms with Crippen LogP contribution in [0, 0.1) is 0 Å². The lowest BCUT2D eigenvalue weighted by Gasteiger charge is -2.28. The molecule has 0 aromatic carbocycles. The van der Waals surface area contributed by atoms with Crippen molar-refractivity contribution >= 4 is 20.1 Å². The first-order valence-corrected chi connectivity index (χ1v) is 15.3. The number of allylic oxidation sites excluding steroid dienone is 3. The van der Waals surface area contributed by atoms with Crippen molar-refractivity contribution in [3.05, 3.63) is 50.1 Å². The van der Waals surface area contributed by atoms with Crippen molar-refractivity contribution in [3.8, 4) is 0 Å². The van der Waals surface area contributed by atoms with Gasteiger partial charge in [0.15, 0.2) is 0 Å². The minimum atomic E-state index is -1.33. The summed E-state index contributed by atoms with van der Waals surface area (Å²) in [5.74, 6) is -0.454. The number of rotatable bonds is 22. The standard InChI is InChI=1S/C27H47NO4Si/c1-6-21-33(22-7-2,23-8-3)24-17-15-13-11-9-10-12-14-16-19-32-27(30)28-18-20-31-26(29)25(4)5/h6-8H,1-4,9-24H2,5H3,(H,28,30). The normalized spacial score (nSPS) is 10.8. The molecule has 5 nitrogen and oxygen atoms in total. The molecule has 0 saturated heterocycles. The predicted octanol–water partition coefficient (Wildman–Crippen LogP) is 7.35. The second-order valence-corrected chi connectivity index (χ2v) is 13.6. The van der Waals surface area contributed by atoms with E-state index in [0.29, 0.717) is 12.2 Å². The van der Waals surface area contributed by atoms with Crippen LogP contribution < -0.4 is 5.32 Å². The largest absolute Gasteiger partial charge is 0.460 e. The molecule has 0 atom stereocenters. The van der Waals surface area contributed by atoms with E-state index in [2.05, 4.69) is 49.9 Å². The van der Waals surface area contributed by atoms with E-state index < -0.39 is 20.1 Å². The summed E-state index contributed by atoms with van der Waals surface area (Å²) < 4.78 is 10.0. The van der Waals surface area contributed by atoms with Gasteiger partial charge in [-0.25, -0.2) is 9.59 Å². The predicted molar refractivity (Wildman–Crippen MR) is 142 cm³/mol. The number of unbranched alkanes of at least 4 members (excludes halogenated alkanes) is 8. The SMILES string of the molecule is C=CC[Si](CC=C)(CC=C)CCCCCCCCCCCOC(=O)NCCOC(=O)C(=C)C. The number of hydrogen-bond donors (Lipinski definition) is 1. The molecule has 0 saturated carbocycles. The van der Waals surface area contributed by atoms with Crippen molar-refractivity contribution in [2.75, 3.05) is 19.8 Å². The van der Waals surface area contributed by atoms with Crippen LogP contribution in [-0.4, -0.2) is 39.9 Å². The number of esters is 1. The number of carbonyl (C=O) groups is 2. The molecule has 0 aliphatic carbocycles. The molecule has 0 rings (SSSR count). The highest BCUT2D eigenvalue weighted by molar-refractivity contribution is 6.81. The van der Waals surface area contributed by atoms with Crippen LogP contribution in [-0.2, 0) is 14.3 Å². The van der Waals surface area contributed by atoms with E-state index in [1.165, 1.54) is 69.1 Å². The van der Waals surface area contributed by atoms with Gasteiger partial charge in [0, 0.05) is 5.57 Å². The molecule has 188 valence electrons.